The summed E-state index contributed by atoms with van der Waals surface area (Å²) in [6.07, 6.45) is -1.60. The number of hydrogen-bond acceptors (Lipinski definition) is 4. The van der Waals surface area contributed by atoms with E-state index >= 15 is 0 Å². The summed E-state index contributed by atoms with van der Waals surface area (Å²) in [5.74, 6) is -0.273. The number of aromatic nitrogens is 2. The van der Waals surface area contributed by atoms with Crippen LogP contribution in [-0.2, 0) is 6.18 Å². The third-order valence-electron chi connectivity index (χ3n) is 4.21. The molecule has 4 nitrogen and oxygen atoms in total. The second kappa shape index (κ2) is 5.86. The molecule has 0 saturated carbocycles. The molecule has 1 saturated heterocycles. The van der Waals surface area contributed by atoms with Crippen LogP contribution in [0.5, 0.6) is 5.75 Å². The highest BCUT2D eigenvalue weighted by Crippen LogP contribution is 2.35. The van der Waals surface area contributed by atoms with Crippen LogP contribution in [0, 0.1) is 0 Å². The maximum Gasteiger partial charge on any atom is 0.451 e. The second-order valence-corrected chi connectivity index (χ2v) is 5.79. The molecule has 0 amide bonds. The van der Waals surface area contributed by atoms with Crippen molar-refractivity contribution in [2.75, 3.05) is 18.6 Å². The molecule has 7 heteroatoms. The van der Waals surface area contributed by atoms with E-state index in [-0.39, 0.29) is 11.6 Å². The van der Waals surface area contributed by atoms with Gasteiger partial charge in [0.05, 0.1) is 12.6 Å². The molecule has 2 heterocycles. The molecule has 1 aromatic carbocycles. The molecule has 0 spiro atoms. The minimum Gasteiger partial charge on any atom is -0.497 e. The molecule has 2 aromatic rings. The number of alkyl halides is 3. The number of piperidine rings is 1. The normalized spacial score (nSPS) is 19.2. The monoisotopic (exact) mass is 325 g/mol. The number of rotatable bonds is 2. The van der Waals surface area contributed by atoms with Gasteiger partial charge in [0.15, 0.2) is 0 Å². The number of hydrogen-bond donors (Lipinski definition) is 0. The van der Waals surface area contributed by atoms with Gasteiger partial charge in [-0.25, -0.2) is 9.97 Å². The summed E-state index contributed by atoms with van der Waals surface area (Å²) in [7, 11) is 1.47. The van der Waals surface area contributed by atoms with Gasteiger partial charge < -0.3 is 9.64 Å². The van der Waals surface area contributed by atoms with Crippen molar-refractivity contribution in [1.82, 2.24) is 9.97 Å². The van der Waals surface area contributed by atoms with Gasteiger partial charge >= 0.3 is 6.18 Å². The standard InChI is InChI=1S/C16H18F3N3O/c1-10-5-3-4-8-22(10)14-12-7-6-11(23-2)9-13(12)20-15(21-14)16(17,18)19/h6-7,9-10H,3-5,8H2,1-2H3. The van der Waals surface area contributed by atoms with Crippen LogP contribution in [0.15, 0.2) is 18.2 Å². The van der Waals surface area contributed by atoms with E-state index in [4.69, 9.17) is 4.74 Å². The van der Waals surface area contributed by atoms with Gasteiger partial charge in [0, 0.05) is 24.0 Å². The van der Waals surface area contributed by atoms with Gasteiger partial charge in [0.2, 0.25) is 5.82 Å². The van der Waals surface area contributed by atoms with Crippen molar-refractivity contribution < 1.29 is 17.9 Å². The summed E-state index contributed by atoms with van der Waals surface area (Å²) in [5.41, 5.74) is 0.249. The first-order chi connectivity index (χ1) is 10.9. The van der Waals surface area contributed by atoms with Crippen LogP contribution in [0.3, 0.4) is 0 Å². The summed E-state index contributed by atoms with van der Waals surface area (Å²) >= 11 is 0. The third kappa shape index (κ3) is 3.04. The number of methoxy groups -OCH3 is 1. The Balaban J connectivity index is 2.21. The average Bonchev–Trinajstić information content (AvgIpc) is 2.53. The Morgan fingerprint density at radius 1 is 1.22 bits per heavy atom. The van der Waals surface area contributed by atoms with Crippen molar-refractivity contribution in [1.29, 1.82) is 0 Å². The largest absolute Gasteiger partial charge is 0.497 e. The molecule has 23 heavy (non-hydrogen) atoms. The van der Waals surface area contributed by atoms with E-state index in [0.717, 1.165) is 19.3 Å². The summed E-state index contributed by atoms with van der Waals surface area (Å²) in [6, 6.07) is 5.12. The molecule has 0 N–H and O–H groups in total. The molecule has 1 aromatic heterocycles. The summed E-state index contributed by atoms with van der Waals surface area (Å²) < 4.78 is 44.6. The maximum atomic E-state index is 13.2. The predicted molar refractivity (Wildman–Crippen MR) is 81.8 cm³/mol. The van der Waals surface area contributed by atoms with E-state index in [2.05, 4.69) is 9.97 Å². The van der Waals surface area contributed by atoms with Crippen LogP contribution in [-0.4, -0.2) is 29.7 Å². The molecule has 0 bridgehead atoms. The SMILES string of the molecule is COc1ccc2c(N3CCCCC3C)nc(C(F)(F)F)nc2c1. The Morgan fingerprint density at radius 2 is 2.00 bits per heavy atom. The van der Waals surface area contributed by atoms with Crippen molar-refractivity contribution >= 4 is 16.7 Å². The van der Waals surface area contributed by atoms with Crippen molar-refractivity contribution in [3.05, 3.63) is 24.0 Å². The van der Waals surface area contributed by atoms with Gasteiger partial charge in [-0.15, -0.1) is 0 Å². The number of fused-ring (bicyclic) bond motifs is 1. The first-order valence-corrected chi connectivity index (χ1v) is 7.60. The lowest BCUT2D eigenvalue weighted by Gasteiger charge is -2.35. The molecule has 1 aliphatic heterocycles. The highest BCUT2D eigenvalue weighted by Gasteiger charge is 2.36. The molecule has 0 aliphatic carbocycles. The Hall–Kier alpha value is -2.05. The van der Waals surface area contributed by atoms with Gasteiger partial charge in [-0.05, 0) is 38.3 Å². The van der Waals surface area contributed by atoms with E-state index < -0.39 is 12.0 Å². The zero-order chi connectivity index (χ0) is 16.6. The maximum absolute atomic E-state index is 13.2. The van der Waals surface area contributed by atoms with Gasteiger partial charge in [-0.1, -0.05) is 0 Å². The summed E-state index contributed by atoms with van der Waals surface area (Å²) in [5, 5.41) is 0.618. The van der Waals surface area contributed by atoms with E-state index in [1.807, 2.05) is 11.8 Å². The highest BCUT2D eigenvalue weighted by atomic mass is 19.4. The quantitative estimate of drug-likeness (QED) is 0.835. The Kier molecular flexibility index (Phi) is 4.04. The second-order valence-electron chi connectivity index (χ2n) is 5.79. The minimum absolute atomic E-state index is 0.157. The van der Waals surface area contributed by atoms with E-state index in [1.54, 1.807) is 12.1 Å². The van der Waals surface area contributed by atoms with Crippen LogP contribution in [0.25, 0.3) is 10.9 Å². The molecule has 3 rings (SSSR count). The lowest BCUT2D eigenvalue weighted by Crippen LogP contribution is -2.38. The number of nitrogens with zero attached hydrogens (tertiary/aromatic N) is 3. The van der Waals surface area contributed by atoms with Crippen LogP contribution < -0.4 is 9.64 Å². The highest BCUT2D eigenvalue weighted by molar-refractivity contribution is 5.90. The molecule has 1 unspecified atom stereocenters. The first-order valence-electron chi connectivity index (χ1n) is 7.60. The molecular formula is C16H18F3N3O. The van der Waals surface area contributed by atoms with E-state index in [1.165, 1.54) is 13.2 Å². The average molecular weight is 325 g/mol. The zero-order valence-electron chi connectivity index (χ0n) is 13.0. The fraction of sp³-hybridized carbons (Fsp3) is 0.500. The van der Waals surface area contributed by atoms with Gasteiger partial charge in [-0.2, -0.15) is 13.2 Å². The Labute approximate surface area is 132 Å². The molecule has 0 radical (unpaired) electrons. The van der Waals surface area contributed by atoms with E-state index in [0.29, 0.717) is 23.5 Å². The number of ether oxygens (including phenoxy) is 1. The van der Waals surface area contributed by atoms with Crippen LogP contribution in [0.1, 0.15) is 32.0 Å². The molecule has 1 atom stereocenters. The topological polar surface area (TPSA) is 38.2 Å². The van der Waals surface area contributed by atoms with Crippen molar-refractivity contribution in [2.24, 2.45) is 0 Å². The Morgan fingerprint density at radius 3 is 2.65 bits per heavy atom. The summed E-state index contributed by atoms with van der Waals surface area (Å²) in [4.78, 5) is 9.50. The lowest BCUT2D eigenvalue weighted by molar-refractivity contribution is -0.144. The fourth-order valence-corrected chi connectivity index (χ4v) is 2.98. The molecule has 124 valence electrons. The molecular weight excluding hydrogens is 307 g/mol. The molecule has 1 fully saturated rings. The minimum atomic E-state index is -4.58. The van der Waals surface area contributed by atoms with E-state index in [9.17, 15) is 13.2 Å². The van der Waals surface area contributed by atoms with Crippen molar-refractivity contribution in [3.8, 4) is 5.75 Å². The molecule has 1 aliphatic rings. The fourth-order valence-electron chi connectivity index (χ4n) is 2.98. The predicted octanol–water partition coefficient (Wildman–Crippen LogP) is 4.04. The van der Waals surface area contributed by atoms with Crippen LogP contribution >= 0.6 is 0 Å². The van der Waals surface area contributed by atoms with Crippen LogP contribution in [0.2, 0.25) is 0 Å². The van der Waals surface area contributed by atoms with Gasteiger partial charge in [-0.3, -0.25) is 0 Å². The van der Waals surface area contributed by atoms with Crippen LogP contribution in [0.4, 0.5) is 19.0 Å². The van der Waals surface area contributed by atoms with Crippen molar-refractivity contribution in [3.63, 3.8) is 0 Å². The third-order valence-corrected chi connectivity index (χ3v) is 4.21. The number of anilines is 1. The smallest absolute Gasteiger partial charge is 0.451 e. The first kappa shape index (κ1) is 15.8. The van der Waals surface area contributed by atoms with Crippen molar-refractivity contribution in [2.45, 2.75) is 38.4 Å². The zero-order valence-corrected chi connectivity index (χ0v) is 13.0. The lowest BCUT2D eigenvalue weighted by atomic mass is 10.0. The number of halogens is 3. The van der Waals surface area contributed by atoms with Gasteiger partial charge in [0.25, 0.3) is 0 Å². The summed E-state index contributed by atoms with van der Waals surface area (Å²) in [6.45, 7) is 2.72. The Bertz CT molecular complexity index is 718. The van der Waals surface area contributed by atoms with Gasteiger partial charge in [0.1, 0.15) is 11.6 Å². The number of benzene rings is 1.